The molecule has 0 aliphatic carbocycles. The first-order valence-corrected chi connectivity index (χ1v) is 12.6. The molecule has 4 rings (SSSR count). The summed E-state index contributed by atoms with van der Waals surface area (Å²) in [5.74, 6) is -1.78. The van der Waals surface area contributed by atoms with Crippen molar-refractivity contribution in [1.29, 1.82) is 0 Å². The predicted molar refractivity (Wildman–Crippen MR) is 133 cm³/mol. The lowest BCUT2D eigenvalue weighted by Crippen LogP contribution is -2.58. The Morgan fingerprint density at radius 2 is 1.86 bits per heavy atom. The van der Waals surface area contributed by atoms with Gasteiger partial charge >= 0.3 is 11.9 Å². The van der Waals surface area contributed by atoms with E-state index in [2.05, 4.69) is 0 Å². The maximum Gasteiger partial charge on any atom is 0.306 e. The summed E-state index contributed by atoms with van der Waals surface area (Å²) in [6.45, 7) is 3.68. The number of amides is 1. The van der Waals surface area contributed by atoms with E-state index in [9.17, 15) is 19.5 Å². The molecule has 5 unspecified atom stereocenters. The molecule has 1 N–H and O–H groups in total. The first kappa shape index (κ1) is 25.5. The van der Waals surface area contributed by atoms with Gasteiger partial charge in [-0.3, -0.25) is 14.4 Å². The fourth-order valence-electron chi connectivity index (χ4n) is 5.70. The number of carbonyl (C=O) groups is 3. The van der Waals surface area contributed by atoms with E-state index >= 15 is 0 Å². The number of halogens is 2. The Hall–Kier alpha value is -2.57. The molecule has 2 aromatic carbocycles. The SMILES string of the molecule is CCC(C1CCC(=O)O1)N1C(=O)C(C)(CC(=O)O)CC(c2cccc(Cl)c2)C1c1ccc(Cl)cc1. The number of piperidine rings is 1. The predicted octanol–water partition coefficient (Wildman–Crippen LogP) is 6.02. The first-order valence-electron chi connectivity index (χ1n) is 11.9. The number of carboxylic acid groups (broad SMARTS) is 1. The number of carboxylic acids is 1. The van der Waals surface area contributed by atoms with Crippen molar-refractivity contribution in [2.24, 2.45) is 5.41 Å². The van der Waals surface area contributed by atoms with Gasteiger partial charge in [0.1, 0.15) is 6.10 Å². The van der Waals surface area contributed by atoms with E-state index in [0.717, 1.165) is 11.1 Å². The normalized spacial score (nSPS) is 27.5. The molecule has 35 heavy (non-hydrogen) atoms. The molecule has 5 atom stereocenters. The molecule has 0 spiro atoms. The van der Waals surface area contributed by atoms with Gasteiger partial charge in [-0.05, 0) is 54.7 Å². The van der Waals surface area contributed by atoms with Crippen LogP contribution in [-0.2, 0) is 19.1 Å². The summed E-state index contributed by atoms with van der Waals surface area (Å²) in [5, 5.41) is 10.9. The number of cyclic esters (lactones) is 1. The zero-order chi connectivity index (χ0) is 25.3. The second-order valence-corrected chi connectivity index (χ2v) is 10.6. The molecule has 2 aliphatic rings. The van der Waals surface area contributed by atoms with Crippen LogP contribution >= 0.6 is 23.2 Å². The minimum absolute atomic E-state index is 0.233. The van der Waals surface area contributed by atoms with Crippen LogP contribution < -0.4 is 0 Å². The lowest BCUT2D eigenvalue weighted by molar-refractivity contribution is -0.166. The van der Waals surface area contributed by atoms with Crippen LogP contribution in [0.4, 0.5) is 0 Å². The third-order valence-corrected chi connectivity index (χ3v) is 7.74. The van der Waals surface area contributed by atoms with Crippen molar-refractivity contribution < 1.29 is 24.2 Å². The van der Waals surface area contributed by atoms with Crippen LogP contribution in [0.2, 0.25) is 10.0 Å². The molecule has 2 aromatic rings. The van der Waals surface area contributed by atoms with Gasteiger partial charge in [0, 0.05) is 22.4 Å². The summed E-state index contributed by atoms with van der Waals surface area (Å²) in [7, 11) is 0. The quantitative estimate of drug-likeness (QED) is 0.454. The lowest BCUT2D eigenvalue weighted by Gasteiger charge is -2.52. The minimum Gasteiger partial charge on any atom is -0.481 e. The van der Waals surface area contributed by atoms with Gasteiger partial charge in [-0.25, -0.2) is 0 Å². The molecule has 8 heteroatoms. The molecule has 0 bridgehead atoms. The molecule has 186 valence electrons. The molecule has 0 aromatic heterocycles. The highest BCUT2D eigenvalue weighted by Gasteiger charge is 2.54. The van der Waals surface area contributed by atoms with Gasteiger partial charge in [-0.1, -0.05) is 61.3 Å². The van der Waals surface area contributed by atoms with Gasteiger partial charge < -0.3 is 14.7 Å². The zero-order valence-electron chi connectivity index (χ0n) is 19.7. The van der Waals surface area contributed by atoms with E-state index < -0.39 is 29.6 Å². The molecule has 0 saturated carbocycles. The molecule has 2 saturated heterocycles. The monoisotopic (exact) mass is 517 g/mol. The molecule has 2 aliphatic heterocycles. The van der Waals surface area contributed by atoms with Crippen molar-refractivity contribution in [1.82, 2.24) is 4.90 Å². The standard InChI is InChI=1S/C27H29Cl2NO5/c1-3-21(22-11-12-24(33)35-22)30-25(16-7-9-18(28)10-8-16)20(17-5-4-6-19(29)13-17)14-27(2,26(30)34)15-23(31)32/h4-10,13,20-22,25H,3,11-12,14-15H2,1-2H3,(H,31,32). The average Bonchev–Trinajstić information content (AvgIpc) is 3.23. The third-order valence-electron chi connectivity index (χ3n) is 7.25. The number of hydrogen-bond acceptors (Lipinski definition) is 4. The number of rotatable bonds is 7. The summed E-state index contributed by atoms with van der Waals surface area (Å²) in [6.07, 6.45) is 0.972. The number of benzene rings is 2. The fourth-order valence-corrected chi connectivity index (χ4v) is 6.03. The number of nitrogens with zero attached hydrogens (tertiary/aromatic N) is 1. The average molecular weight is 518 g/mol. The molecule has 2 heterocycles. The summed E-state index contributed by atoms with van der Waals surface area (Å²) >= 11 is 12.5. The second-order valence-electron chi connectivity index (χ2n) is 9.75. The van der Waals surface area contributed by atoms with Crippen molar-refractivity contribution in [3.8, 4) is 0 Å². The number of carbonyl (C=O) groups excluding carboxylic acids is 2. The largest absolute Gasteiger partial charge is 0.481 e. The highest BCUT2D eigenvalue weighted by molar-refractivity contribution is 6.30. The van der Waals surface area contributed by atoms with E-state index in [0.29, 0.717) is 35.7 Å². The van der Waals surface area contributed by atoms with Crippen LogP contribution in [0.15, 0.2) is 48.5 Å². The maximum absolute atomic E-state index is 14.2. The first-order chi connectivity index (χ1) is 16.6. The Morgan fingerprint density at radius 1 is 1.14 bits per heavy atom. The molecule has 6 nitrogen and oxygen atoms in total. The molecule has 1 amide bonds. The van der Waals surface area contributed by atoms with Gasteiger partial charge in [0.2, 0.25) is 5.91 Å². The molecule has 0 radical (unpaired) electrons. The van der Waals surface area contributed by atoms with Crippen LogP contribution in [0.1, 0.15) is 69.0 Å². The molecule has 2 fully saturated rings. The summed E-state index contributed by atoms with van der Waals surface area (Å²) in [6, 6.07) is 14.1. The number of ether oxygens (including phenoxy) is 1. The smallest absolute Gasteiger partial charge is 0.306 e. The third kappa shape index (κ3) is 5.19. The number of likely N-dealkylation sites (tertiary alicyclic amines) is 1. The van der Waals surface area contributed by atoms with Gasteiger partial charge in [0.05, 0.1) is 23.9 Å². The Kier molecular flexibility index (Phi) is 7.43. The molecular weight excluding hydrogens is 489 g/mol. The zero-order valence-corrected chi connectivity index (χ0v) is 21.3. The fraction of sp³-hybridized carbons (Fsp3) is 0.444. The van der Waals surface area contributed by atoms with Gasteiger partial charge in [0.25, 0.3) is 0 Å². The van der Waals surface area contributed by atoms with Crippen molar-refractivity contribution in [3.63, 3.8) is 0 Å². The van der Waals surface area contributed by atoms with Crippen LogP contribution in [0.3, 0.4) is 0 Å². The van der Waals surface area contributed by atoms with Crippen molar-refractivity contribution >= 4 is 41.0 Å². The number of esters is 1. The van der Waals surface area contributed by atoms with Crippen LogP contribution in [0.5, 0.6) is 0 Å². The minimum atomic E-state index is -1.14. The van der Waals surface area contributed by atoms with Gasteiger partial charge in [-0.2, -0.15) is 0 Å². The van der Waals surface area contributed by atoms with Crippen molar-refractivity contribution in [2.45, 2.75) is 70.1 Å². The van der Waals surface area contributed by atoms with Crippen molar-refractivity contribution in [2.75, 3.05) is 0 Å². The van der Waals surface area contributed by atoms with E-state index in [4.69, 9.17) is 27.9 Å². The van der Waals surface area contributed by atoms with Crippen LogP contribution in [0.25, 0.3) is 0 Å². The van der Waals surface area contributed by atoms with Gasteiger partial charge in [0.15, 0.2) is 0 Å². The summed E-state index contributed by atoms with van der Waals surface area (Å²) < 4.78 is 5.64. The van der Waals surface area contributed by atoms with E-state index in [1.807, 2.05) is 37.3 Å². The second kappa shape index (κ2) is 10.2. The Balaban J connectivity index is 1.90. The van der Waals surface area contributed by atoms with Crippen molar-refractivity contribution in [3.05, 3.63) is 69.7 Å². The Labute approximate surface area is 215 Å². The summed E-state index contributed by atoms with van der Waals surface area (Å²) in [5.41, 5.74) is 0.662. The lowest BCUT2D eigenvalue weighted by atomic mass is 9.66. The number of hydrogen-bond donors (Lipinski definition) is 1. The topological polar surface area (TPSA) is 83.9 Å². The maximum atomic E-state index is 14.2. The molecular formula is C27H29Cl2NO5. The van der Waals surface area contributed by atoms with E-state index in [-0.39, 0.29) is 24.2 Å². The highest BCUT2D eigenvalue weighted by Crippen LogP contribution is 2.52. The van der Waals surface area contributed by atoms with Gasteiger partial charge in [-0.15, -0.1) is 0 Å². The number of aliphatic carboxylic acids is 1. The highest BCUT2D eigenvalue weighted by atomic mass is 35.5. The Bertz CT molecular complexity index is 1120. The summed E-state index contributed by atoms with van der Waals surface area (Å²) in [4.78, 5) is 39.8. The van der Waals surface area contributed by atoms with E-state index in [1.165, 1.54) is 0 Å². The van der Waals surface area contributed by atoms with Crippen LogP contribution in [0, 0.1) is 5.41 Å². The Morgan fingerprint density at radius 3 is 2.43 bits per heavy atom. The van der Waals surface area contributed by atoms with E-state index in [1.54, 1.807) is 30.0 Å². The van der Waals surface area contributed by atoms with Crippen LogP contribution in [-0.4, -0.2) is 40.0 Å².